The van der Waals surface area contributed by atoms with Crippen molar-refractivity contribution in [3.05, 3.63) is 94.0 Å². The Kier molecular flexibility index (Phi) is 6.46. The van der Waals surface area contributed by atoms with Gasteiger partial charge in [0.05, 0.1) is 11.4 Å². The van der Waals surface area contributed by atoms with Crippen molar-refractivity contribution >= 4 is 45.8 Å². The van der Waals surface area contributed by atoms with Crippen LogP contribution in [0.4, 0.5) is 11.4 Å². The molecule has 0 atom stereocenters. The Labute approximate surface area is 255 Å². The normalized spacial score (nSPS) is 15.0. The largest absolute Gasteiger partial charge is 0.506 e. The molecule has 0 radical (unpaired) electrons. The lowest BCUT2D eigenvalue weighted by molar-refractivity contribution is 0.0872. The van der Waals surface area contributed by atoms with E-state index in [0.717, 1.165) is 33.8 Å². The summed E-state index contributed by atoms with van der Waals surface area (Å²) in [7, 11) is 0. The maximum absolute atomic E-state index is 14.0. The standard InChI is InChI=1S/C36H34N2O6/c1-7-35(3,4)19-9-15-27(39)25(17-19)37-31(41)21-11-13-23-30-24(14-12-22(29(21)30)32(37)42)34(44)38(33(23)43)26-18-20(10-16-28(26)40)36(5,6)8-2/h9-18,39-40H,7-8H2,1-6H3. The molecule has 224 valence electrons. The van der Waals surface area contributed by atoms with E-state index < -0.39 is 23.6 Å². The second kappa shape index (κ2) is 9.77. The van der Waals surface area contributed by atoms with E-state index in [1.54, 1.807) is 24.3 Å². The number of rotatable bonds is 6. The first-order valence-electron chi connectivity index (χ1n) is 14.8. The number of hydrogen-bond donors (Lipinski definition) is 2. The molecule has 4 aromatic rings. The second-order valence-corrected chi connectivity index (χ2v) is 12.8. The summed E-state index contributed by atoms with van der Waals surface area (Å²) in [6.45, 7) is 12.2. The Balaban J connectivity index is 1.50. The van der Waals surface area contributed by atoms with Crippen molar-refractivity contribution in [2.24, 2.45) is 0 Å². The summed E-state index contributed by atoms with van der Waals surface area (Å²) in [5.74, 6) is -3.09. The number of nitrogens with zero attached hydrogens (tertiary/aromatic N) is 2. The first-order valence-corrected chi connectivity index (χ1v) is 14.8. The molecule has 2 aliphatic heterocycles. The highest BCUT2D eigenvalue weighted by molar-refractivity contribution is 6.42. The molecule has 4 aromatic carbocycles. The molecule has 0 aliphatic carbocycles. The minimum atomic E-state index is -0.664. The van der Waals surface area contributed by atoms with E-state index in [2.05, 4.69) is 0 Å². The van der Waals surface area contributed by atoms with E-state index in [1.165, 1.54) is 36.4 Å². The van der Waals surface area contributed by atoms with Gasteiger partial charge < -0.3 is 10.2 Å². The van der Waals surface area contributed by atoms with E-state index >= 15 is 0 Å². The van der Waals surface area contributed by atoms with Crippen molar-refractivity contribution in [3.8, 4) is 11.5 Å². The summed E-state index contributed by atoms with van der Waals surface area (Å²) in [4.78, 5) is 57.8. The number of carbonyl (C=O) groups is 4. The predicted octanol–water partition coefficient (Wildman–Crippen LogP) is 7.23. The Morgan fingerprint density at radius 2 is 0.818 bits per heavy atom. The van der Waals surface area contributed by atoms with Crippen molar-refractivity contribution in [2.45, 2.75) is 65.2 Å². The number of hydrogen-bond acceptors (Lipinski definition) is 6. The first kappa shape index (κ1) is 29.1. The molecular formula is C36H34N2O6. The van der Waals surface area contributed by atoms with Crippen molar-refractivity contribution in [1.29, 1.82) is 0 Å². The van der Waals surface area contributed by atoms with Crippen LogP contribution in [0.3, 0.4) is 0 Å². The van der Waals surface area contributed by atoms with Crippen LogP contribution in [-0.2, 0) is 10.8 Å². The Morgan fingerprint density at radius 3 is 1.09 bits per heavy atom. The zero-order chi connectivity index (χ0) is 31.9. The Hall–Kier alpha value is -4.98. The van der Waals surface area contributed by atoms with Gasteiger partial charge in [0.1, 0.15) is 11.5 Å². The van der Waals surface area contributed by atoms with Gasteiger partial charge in [-0.2, -0.15) is 0 Å². The number of carbonyl (C=O) groups excluding carboxylic acids is 4. The number of phenolic OH excluding ortho intramolecular Hbond substituents is 2. The van der Waals surface area contributed by atoms with Gasteiger partial charge in [0.25, 0.3) is 23.6 Å². The van der Waals surface area contributed by atoms with E-state index in [9.17, 15) is 29.4 Å². The third kappa shape index (κ3) is 4.04. The molecule has 0 saturated carbocycles. The molecular weight excluding hydrogens is 556 g/mol. The molecule has 2 aliphatic rings. The third-order valence-electron chi connectivity index (χ3n) is 9.66. The average molecular weight is 591 g/mol. The van der Waals surface area contributed by atoms with Gasteiger partial charge in [-0.15, -0.1) is 0 Å². The third-order valence-corrected chi connectivity index (χ3v) is 9.66. The fraction of sp³-hybridized carbons (Fsp3) is 0.278. The summed E-state index contributed by atoms with van der Waals surface area (Å²) in [5.41, 5.74) is 1.89. The highest BCUT2D eigenvalue weighted by atomic mass is 16.3. The lowest BCUT2D eigenvalue weighted by atomic mass is 9.81. The quantitative estimate of drug-likeness (QED) is 0.229. The molecule has 2 N–H and O–H groups in total. The summed E-state index contributed by atoms with van der Waals surface area (Å²) in [6, 6.07) is 15.8. The zero-order valence-corrected chi connectivity index (χ0v) is 25.6. The average Bonchev–Trinajstić information content (AvgIpc) is 3.00. The molecule has 0 spiro atoms. The molecule has 2 heterocycles. The van der Waals surface area contributed by atoms with Crippen LogP contribution >= 0.6 is 0 Å². The summed E-state index contributed by atoms with van der Waals surface area (Å²) in [6.07, 6.45) is 1.59. The molecule has 6 rings (SSSR count). The monoisotopic (exact) mass is 590 g/mol. The van der Waals surface area contributed by atoms with Crippen molar-refractivity contribution in [1.82, 2.24) is 0 Å². The second-order valence-electron chi connectivity index (χ2n) is 12.8. The van der Waals surface area contributed by atoms with Gasteiger partial charge in [0, 0.05) is 33.0 Å². The molecule has 4 amide bonds. The van der Waals surface area contributed by atoms with Crippen LogP contribution in [0, 0.1) is 0 Å². The molecule has 0 aromatic heterocycles. The molecule has 0 saturated heterocycles. The Morgan fingerprint density at radius 1 is 0.523 bits per heavy atom. The smallest absolute Gasteiger partial charge is 0.266 e. The van der Waals surface area contributed by atoms with E-state index in [1.807, 2.05) is 41.5 Å². The maximum atomic E-state index is 14.0. The van der Waals surface area contributed by atoms with Crippen molar-refractivity contribution in [2.75, 3.05) is 9.80 Å². The van der Waals surface area contributed by atoms with Crippen LogP contribution in [0.1, 0.15) is 107 Å². The molecule has 0 unspecified atom stereocenters. The van der Waals surface area contributed by atoms with Crippen LogP contribution in [0.5, 0.6) is 11.5 Å². The van der Waals surface area contributed by atoms with Crippen LogP contribution in [0.15, 0.2) is 60.7 Å². The molecule has 0 fully saturated rings. The van der Waals surface area contributed by atoms with Gasteiger partial charge >= 0.3 is 0 Å². The van der Waals surface area contributed by atoms with Crippen molar-refractivity contribution in [3.63, 3.8) is 0 Å². The number of anilines is 2. The minimum absolute atomic E-state index is 0.0711. The van der Waals surface area contributed by atoms with E-state index in [-0.39, 0.29) is 66.7 Å². The van der Waals surface area contributed by atoms with Crippen LogP contribution in [-0.4, -0.2) is 33.8 Å². The fourth-order valence-corrected chi connectivity index (χ4v) is 5.97. The molecule has 44 heavy (non-hydrogen) atoms. The van der Waals surface area contributed by atoms with E-state index in [4.69, 9.17) is 0 Å². The van der Waals surface area contributed by atoms with E-state index in [0.29, 0.717) is 0 Å². The minimum Gasteiger partial charge on any atom is -0.506 e. The van der Waals surface area contributed by atoms with Gasteiger partial charge in [-0.3, -0.25) is 19.2 Å². The van der Waals surface area contributed by atoms with Crippen LogP contribution in [0.2, 0.25) is 0 Å². The summed E-state index contributed by atoms with van der Waals surface area (Å²) in [5, 5.41) is 22.0. The predicted molar refractivity (Wildman–Crippen MR) is 169 cm³/mol. The lowest BCUT2D eigenvalue weighted by Crippen LogP contribution is -2.43. The summed E-state index contributed by atoms with van der Waals surface area (Å²) < 4.78 is 0. The van der Waals surface area contributed by atoms with Crippen molar-refractivity contribution < 1.29 is 29.4 Å². The number of imide groups is 2. The molecule has 8 nitrogen and oxygen atoms in total. The summed E-state index contributed by atoms with van der Waals surface area (Å²) >= 11 is 0. The van der Waals surface area contributed by atoms with Crippen LogP contribution in [0.25, 0.3) is 10.8 Å². The van der Waals surface area contributed by atoms with Gasteiger partial charge in [-0.25, -0.2) is 9.80 Å². The lowest BCUT2D eigenvalue weighted by Gasteiger charge is -2.33. The number of amides is 4. The number of aromatic hydroxyl groups is 2. The highest BCUT2D eigenvalue weighted by Gasteiger charge is 2.42. The van der Waals surface area contributed by atoms with Gasteiger partial charge in [0.2, 0.25) is 0 Å². The van der Waals surface area contributed by atoms with Gasteiger partial charge in [0.15, 0.2) is 0 Å². The van der Waals surface area contributed by atoms with Gasteiger partial charge in [-0.1, -0.05) is 53.7 Å². The topological polar surface area (TPSA) is 115 Å². The maximum Gasteiger partial charge on any atom is 0.266 e. The first-order chi connectivity index (χ1) is 20.7. The number of benzene rings is 4. The van der Waals surface area contributed by atoms with Gasteiger partial charge in [-0.05, 0) is 83.3 Å². The zero-order valence-electron chi connectivity index (χ0n) is 25.6. The highest BCUT2D eigenvalue weighted by Crippen LogP contribution is 2.44. The Bertz CT molecular complexity index is 1740. The molecule has 0 bridgehead atoms. The van der Waals surface area contributed by atoms with Crippen LogP contribution < -0.4 is 9.80 Å². The number of phenols is 2. The molecule has 8 heteroatoms. The fourth-order valence-electron chi connectivity index (χ4n) is 5.97. The SMILES string of the molecule is CCC(C)(C)c1ccc(O)c(N2C(=O)c3ccc4c5c(ccc(c35)C2=O)C(=O)N(c2cc(C(C)(C)CC)ccc2O)C4=O)c1.